The highest BCUT2D eigenvalue weighted by molar-refractivity contribution is 5.94. The topological polar surface area (TPSA) is 75.2 Å². The lowest BCUT2D eigenvalue weighted by molar-refractivity contribution is 0.0953. The van der Waals surface area contributed by atoms with Gasteiger partial charge in [0.25, 0.3) is 5.91 Å². The summed E-state index contributed by atoms with van der Waals surface area (Å²) >= 11 is 0. The Hall–Kier alpha value is -3.22. The molecule has 0 spiro atoms. The molecule has 2 aromatic carbocycles. The average Bonchev–Trinajstić information content (AvgIpc) is 2.82. The largest absolute Gasteiger partial charge is 0.493 e. The quantitative estimate of drug-likeness (QED) is 0.528. The molecular formula is C24H32N4O3. The number of fused-ring (bicyclic) bond motifs is 1. The molecule has 3 rings (SSSR count). The Morgan fingerprint density at radius 3 is 2.52 bits per heavy atom. The van der Waals surface area contributed by atoms with E-state index in [0.29, 0.717) is 18.7 Å². The van der Waals surface area contributed by atoms with Gasteiger partial charge >= 0.3 is 0 Å². The van der Waals surface area contributed by atoms with Gasteiger partial charge in [0, 0.05) is 38.8 Å². The number of nitrogens with zero attached hydrogens (tertiary/aromatic N) is 2. The molecular weight excluding hydrogens is 392 g/mol. The standard InChI is InChI=1S/C24H32N4O3/c1-5-10-26-23(29)19-8-6-7-17(12-19)15-27-24(25-2)28-11-9-18-13-21(30-3)22(31-4)14-20(18)16-28/h6-8,12-14H,5,9-11,15-16H2,1-4H3,(H,25,27)(H,26,29). The molecule has 1 amide bonds. The first-order valence-corrected chi connectivity index (χ1v) is 10.7. The fourth-order valence-corrected chi connectivity index (χ4v) is 3.74. The molecule has 0 radical (unpaired) electrons. The molecule has 7 nitrogen and oxygen atoms in total. The van der Waals surface area contributed by atoms with Gasteiger partial charge in [0.05, 0.1) is 14.2 Å². The van der Waals surface area contributed by atoms with Gasteiger partial charge in [-0.05, 0) is 53.8 Å². The minimum absolute atomic E-state index is 0.0369. The van der Waals surface area contributed by atoms with E-state index in [-0.39, 0.29) is 5.91 Å². The van der Waals surface area contributed by atoms with Crippen LogP contribution in [0.1, 0.15) is 40.4 Å². The van der Waals surface area contributed by atoms with E-state index in [1.807, 2.05) is 37.3 Å². The van der Waals surface area contributed by atoms with Crippen LogP contribution in [0.25, 0.3) is 0 Å². The lowest BCUT2D eigenvalue weighted by Crippen LogP contribution is -2.43. The molecule has 1 aliphatic rings. The summed E-state index contributed by atoms with van der Waals surface area (Å²) < 4.78 is 10.9. The number of carbonyl (C=O) groups is 1. The van der Waals surface area contributed by atoms with Gasteiger partial charge in [0.2, 0.25) is 0 Å². The number of guanidine groups is 1. The molecule has 0 fully saturated rings. The molecule has 31 heavy (non-hydrogen) atoms. The fourth-order valence-electron chi connectivity index (χ4n) is 3.74. The SMILES string of the molecule is CCCNC(=O)c1cccc(CNC(=NC)N2CCc3cc(OC)c(OC)cc3C2)c1. The third-order valence-corrected chi connectivity index (χ3v) is 5.40. The lowest BCUT2D eigenvalue weighted by Gasteiger charge is -2.32. The fraction of sp³-hybridized carbons (Fsp3) is 0.417. The van der Waals surface area contributed by atoms with Gasteiger partial charge in [-0.2, -0.15) is 0 Å². The maximum Gasteiger partial charge on any atom is 0.251 e. The van der Waals surface area contributed by atoms with E-state index in [2.05, 4.69) is 26.6 Å². The van der Waals surface area contributed by atoms with Crippen LogP contribution in [0.4, 0.5) is 0 Å². The summed E-state index contributed by atoms with van der Waals surface area (Å²) in [5, 5.41) is 6.35. The Balaban J connectivity index is 1.66. The molecule has 0 saturated carbocycles. The first-order valence-electron chi connectivity index (χ1n) is 10.7. The maximum absolute atomic E-state index is 12.2. The van der Waals surface area contributed by atoms with Gasteiger partial charge in [-0.1, -0.05) is 19.1 Å². The third kappa shape index (κ3) is 5.48. The summed E-state index contributed by atoms with van der Waals surface area (Å²) in [6.07, 6.45) is 1.82. The summed E-state index contributed by atoms with van der Waals surface area (Å²) in [5.41, 5.74) is 4.20. The van der Waals surface area contributed by atoms with Crippen LogP contribution < -0.4 is 20.1 Å². The van der Waals surface area contributed by atoms with E-state index in [1.54, 1.807) is 21.3 Å². The number of hydrogen-bond acceptors (Lipinski definition) is 4. The van der Waals surface area contributed by atoms with Crippen LogP contribution in [0.5, 0.6) is 11.5 Å². The number of carbonyl (C=O) groups excluding carboxylic acids is 1. The lowest BCUT2D eigenvalue weighted by atomic mass is 9.99. The van der Waals surface area contributed by atoms with E-state index in [4.69, 9.17) is 9.47 Å². The zero-order valence-electron chi connectivity index (χ0n) is 18.8. The van der Waals surface area contributed by atoms with Crippen molar-refractivity contribution < 1.29 is 14.3 Å². The summed E-state index contributed by atoms with van der Waals surface area (Å²) in [6, 6.07) is 11.8. The Morgan fingerprint density at radius 1 is 1.10 bits per heavy atom. The minimum atomic E-state index is -0.0369. The highest BCUT2D eigenvalue weighted by Crippen LogP contribution is 2.33. The Kier molecular flexibility index (Phi) is 7.76. The molecule has 7 heteroatoms. The second kappa shape index (κ2) is 10.7. The molecule has 0 saturated heterocycles. The van der Waals surface area contributed by atoms with Crippen LogP contribution in [0, 0.1) is 0 Å². The predicted molar refractivity (Wildman–Crippen MR) is 123 cm³/mol. The van der Waals surface area contributed by atoms with Gasteiger partial charge in [-0.3, -0.25) is 9.79 Å². The minimum Gasteiger partial charge on any atom is -0.493 e. The Labute approximate surface area is 184 Å². The zero-order chi connectivity index (χ0) is 22.2. The predicted octanol–water partition coefficient (Wildman–Crippen LogP) is 2.98. The summed E-state index contributed by atoms with van der Waals surface area (Å²) in [4.78, 5) is 18.9. The van der Waals surface area contributed by atoms with Crippen LogP contribution >= 0.6 is 0 Å². The second-order valence-electron chi connectivity index (χ2n) is 7.50. The van der Waals surface area contributed by atoms with Crippen molar-refractivity contribution >= 4 is 11.9 Å². The van der Waals surface area contributed by atoms with Crippen molar-refractivity contribution in [2.75, 3.05) is 34.4 Å². The maximum atomic E-state index is 12.2. The molecule has 0 unspecified atom stereocenters. The van der Waals surface area contributed by atoms with Gasteiger partial charge in [0.15, 0.2) is 17.5 Å². The summed E-state index contributed by atoms with van der Waals surface area (Å²) in [7, 11) is 5.11. The smallest absolute Gasteiger partial charge is 0.251 e. The van der Waals surface area contributed by atoms with E-state index < -0.39 is 0 Å². The number of hydrogen-bond donors (Lipinski definition) is 2. The second-order valence-corrected chi connectivity index (χ2v) is 7.50. The number of rotatable bonds is 7. The first kappa shape index (κ1) is 22.5. The van der Waals surface area contributed by atoms with E-state index >= 15 is 0 Å². The van der Waals surface area contributed by atoms with Crippen molar-refractivity contribution in [3.8, 4) is 11.5 Å². The van der Waals surface area contributed by atoms with E-state index in [9.17, 15) is 4.79 Å². The number of amides is 1. The molecule has 1 aliphatic heterocycles. The van der Waals surface area contributed by atoms with Crippen molar-refractivity contribution in [2.24, 2.45) is 4.99 Å². The van der Waals surface area contributed by atoms with Crippen LogP contribution in [-0.4, -0.2) is 51.1 Å². The van der Waals surface area contributed by atoms with Crippen LogP contribution in [-0.2, 0) is 19.5 Å². The third-order valence-electron chi connectivity index (χ3n) is 5.40. The average molecular weight is 425 g/mol. The molecule has 1 heterocycles. The van der Waals surface area contributed by atoms with Gasteiger partial charge in [-0.25, -0.2) is 0 Å². The van der Waals surface area contributed by atoms with E-state index in [0.717, 1.165) is 49.0 Å². The molecule has 166 valence electrons. The first-order chi connectivity index (χ1) is 15.1. The summed E-state index contributed by atoms with van der Waals surface area (Å²) in [5.74, 6) is 2.30. The molecule has 0 aromatic heterocycles. The van der Waals surface area contributed by atoms with Crippen LogP contribution in [0.15, 0.2) is 41.4 Å². The van der Waals surface area contributed by atoms with Gasteiger partial charge < -0.3 is 25.0 Å². The van der Waals surface area contributed by atoms with Crippen molar-refractivity contribution in [1.82, 2.24) is 15.5 Å². The van der Waals surface area contributed by atoms with Crippen molar-refractivity contribution in [1.29, 1.82) is 0 Å². The number of benzene rings is 2. The van der Waals surface area contributed by atoms with Crippen LogP contribution in [0.2, 0.25) is 0 Å². The molecule has 0 aliphatic carbocycles. The number of nitrogens with one attached hydrogen (secondary N) is 2. The van der Waals surface area contributed by atoms with Crippen molar-refractivity contribution in [3.63, 3.8) is 0 Å². The number of ether oxygens (including phenoxy) is 2. The zero-order valence-corrected chi connectivity index (χ0v) is 18.8. The van der Waals surface area contributed by atoms with E-state index in [1.165, 1.54) is 11.1 Å². The Bertz CT molecular complexity index is 942. The van der Waals surface area contributed by atoms with Gasteiger partial charge in [0.1, 0.15) is 0 Å². The van der Waals surface area contributed by atoms with Crippen molar-refractivity contribution in [3.05, 3.63) is 58.7 Å². The summed E-state index contributed by atoms with van der Waals surface area (Å²) in [6.45, 7) is 4.92. The molecule has 0 bridgehead atoms. The van der Waals surface area contributed by atoms with Crippen molar-refractivity contribution in [2.45, 2.75) is 32.9 Å². The van der Waals surface area contributed by atoms with Crippen LogP contribution in [0.3, 0.4) is 0 Å². The molecule has 2 N–H and O–H groups in total. The monoisotopic (exact) mass is 424 g/mol. The van der Waals surface area contributed by atoms with Gasteiger partial charge in [-0.15, -0.1) is 0 Å². The Morgan fingerprint density at radius 2 is 1.84 bits per heavy atom. The molecule has 0 atom stereocenters. The number of methoxy groups -OCH3 is 2. The highest BCUT2D eigenvalue weighted by Gasteiger charge is 2.21. The normalized spacial score (nSPS) is 13.4. The number of aliphatic imine (C=N–C) groups is 1. The molecule has 2 aromatic rings. The highest BCUT2D eigenvalue weighted by atomic mass is 16.5.